The highest BCUT2D eigenvalue weighted by Crippen LogP contribution is 2.26. The second-order valence-corrected chi connectivity index (χ2v) is 9.53. The van der Waals surface area contributed by atoms with Gasteiger partial charge in [0.2, 0.25) is 0 Å². The van der Waals surface area contributed by atoms with Crippen LogP contribution in [-0.2, 0) is 28.5 Å². The standard InChI is InChI=1S/C21H24N4O5S/c1-21(2,3)30-20(27)25(31(22,28)29)13-14-8-7-9-15(12-14)18-16-10-5-6-11-17(16)19(26)24(4)23-18/h5-12H,13H2,1-4H3,(H2,22,28,29). The highest BCUT2D eigenvalue weighted by atomic mass is 32.2. The molecule has 0 saturated carbocycles. The SMILES string of the molecule is Cn1nc(-c2cccc(CN(C(=O)OC(C)(C)C)S(N)(=O)=O)c2)c2ccccc2c1=O. The van der Waals surface area contributed by atoms with Crippen molar-refractivity contribution in [2.45, 2.75) is 32.9 Å². The smallest absolute Gasteiger partial charge is 0.425 e. The molecule has 1 aromatic heterocycles. The van der Waals surface area contributed by atoms with Gasteiger partial charge in [-0.2, -0.15) is 17.8 Å². The maximum atomic E-state index is 12.4. The van der Waals surface area contributed by atoms with Crippen molar-refractivity contribution in [2.24, 2.45) is 12.2 Å². The normalized spacial score (nSPS) is 12.0. The van der Waals surface area contributed by atoms with Crippen LogP contribution < -0.4 is 10.7 Å². The molecule has 1 heterocycles. The quantitative estimate of drug-likeness (QED) is 0.659. The number of nitrogens with zero attached hydrogens (tertiary/aromatic N) is 3. The van der Waals surface area contributed by atoms with E-state index in [-0.39, 0.29) is 12.1 Å². The number of nitrogens with two attached hydrogens (primary N) is 1. The monoisotopic (exact) mass is 444 g/mol. The van der Waals surface area contributed by atoms with Crippen LogP contribution in [0.4, 0.5) is 4.79 Å². The zero-order chi connectivity index (χ0) is 23.0. The zero-order valence-corrected chi connectivity index (χ0v) is 18.5. The number of aromatic nitrogens is 2. The number of rotatable bonds is 4. The van der Waals surface area contributed by atoms with Gasteiger partial charge in [-0.1, -0.05) is 36.4 Å². The lowest BCUT2D eigenvalue weighted by Crippen LogP contribution is -2.43. The number of carbonyl (C=O) groups is 1. The molecule has 0 radical (unpaired) electrons. The maximum Gasteiger partial charge on any atom is 0.425 e. The van der Waals surface area contributed by atoms with Gasteiger partial charge in [-0.15, -0.1) is 0 Å². The Morgan fingerprint density at radius 3 is 2.39 bits per heavy atom. The fraction of sp³-hybridized carbons (Fsp3) is 0.286. The van der Waals surface area contributed by atoms with Gasteiger partial charge in [0, 0.05) is 18.0 Å². The number of amides is 1. The van der Waals surface area contributed by atoms with E-state index in [2.05, 4.69) is 5.10 Å². The third-order valence-corrected chi connectivity index (χ3v) is 5.28. The molecule has 31 heavy (non-hydrogen) atoms. The number of hydrogen-bond acceptors (Lipinski definition) is 6. The molecule has 3 aromatic rings. The van der Waals surface area contributed by atoms with E-state index in [0.29, 0.717) is 31.9 Å². The molecule has 0 aliphatic rings. The molecule has 2 aromatic carbocycles. The van der Waals surface area contributed by atoms with Crippen molar-refractivity contribution in [2.75, 3.05) is 0 Å². The minimum Gasteiger partial charge on any atom is -0.443 e. The average molecular weight is 445 g/mol. The van der Waals surface area contributed by atoms with Crippen LogP contribution in [0.25, 0.3) is 22.0 Å². The van der Waals surface area contributed by atoms with Crippen molar-refractivity contribution in [1.29, 1.82) is 0 Å². The highest BCUT2D eigenvalue weighted by molar-refractivity contribution is 7.87. The van der Waals surface area contributed by atoms with Crippen LogP contribution in [0.5, 0.6) is 0 Å². The first-order valence-electron chi connectivity index (χ1n) is 9.45. The van der Waals surface area contributed by atoms with Crippen LogP contribution in [-0.4, -0.2) is 34.2 Å². The van der Waals surface area contributed by atoms with Crippen LogP contribution in [0.15, 0.2) is 53.3 Å². The van der Waals surface area contributed by atoms with Crippen molar-refractivity contribution >= 4 is 27.1 Å². The minimum atomic E-state index is -4.36. The predicted molar refractivity (Wildman–Crippen MR) is 117 cm³/mol. The molecule has 0 spiro atoms. The Labute approximate surface area is 180 Å². The molecular weight excluding hydrogens is 420 g/mol. The molecular formula is C21H24N4O5S. The molecule has 0 unspecified atom stereocenters. The Balaban J connectivity index is 2.04. The number of aryl methyl sites for hydroxylation is 1. The first-order chi connectivity index (χ1) is 14.4. The van der Waals surface area contributed by atoms with Crippen molar-refractivity contribution in [3.8, 4) is 11.3 Å². The molecule has 10 heteroatoms. The number of ether oxygens (including phenoxy) is 1. The van der Waals surface area contributed by atoms with Gasteiger partial charge in [-0.25, -0.2) is 14.6 Å². The summed E-state index contributed by atoms with van der Waals surface area (Å²) >= 11 is 0. The third kappa shape index (κ3) is 5.09. The van der Waals surface area contributed by atoms with Crippen LogP contribution >= 0.6 is 0 Å². The summed E-state index contributed by atoms with van der Waals surface area (Å²) < 4.78 is 31.0. The molecule has 0 bridgehead atoms. The summed E-state index contributed by atoms with van der Waals surface area (Å²) in [6.45, 7) is 4.57. The van der Waals surface area contributed by atoms with Gasteiger partial charge in [0.05, 0.1) is 17.6 Å². The van der Waals surface area contributed by atoms with E-state index >= 15 is 0 Å². The molecule has 0 aliphatic carbocycles. The van der Waals surface area contributed by atoms with Gasteiger partial charge in [-0.3, -0.25) is 4.79 Å². The molecule has 0 saturated heterocycles. The summed E-state index contributed by atoms with van der Waals surface area (Å²) in [5.41, 5.74) is 0.597. The fourth-order valence-electron chi connectivity index (χ4n) is 3.07. The van der Waals surface area contributed by atoms with Crippen molar-refractivity contribution in [3.63, 3.8) is 0 Å². The minimum absolute atomic E-state index is 0.221. The molecule has 0 aliphatic heterocycles. The molecule has 3 rings (SSSR count). The molecule has 2 N–H and O–H groups in total. The average Bonchev–Trinajstić information content (AvgIpc) is 2.67. The van der Waals surface area contributed by atoms with Gasteiger partial charge in [0.15, 0.2) is 0 Å². The summed E-state index contributed by atoms with van der Waals surface area (Å²) in [5, 5.41) is 10.8. The van der Waals surface area contributed by atoms with Crippen LogP contribution in [0, 0.1) is 0 Å². The van der Waals surface area contributed by atoms with E-state index in [1.54, 1.807) is 70.3 Å². The number of benzene rings is 2. The Hall–Kier alpha value is -3.24. The molecule has 164 valence electrons. The zero-order valence-electron chi connectivity index (χ0n) is 17.7. The third-order valence-electron chi connectivity index (χ3n) is 4.39. The van der Waals surface area contributed by atoms with Crippen LogP contribution in [0.3, 0.4) is 0 Å². The second kappa shape index (κ2) is 8.12. The number of hydrogen-bond donors (Lipinski definition) is 1. The van der Waals surface area contributed by atoms with E-state index < -0.39 is 21.9 Å². The Bertz CT molecular complexity index is 1310. The lowest BCUT2D eigenvalue weighted by atomic mass is 10.0. The maximum absolute atomic E-state index is 12.4. The topological polar surface area (TPSA) is 125 Å². The van der Waals surface area contributed by atoms with Gasteiger partial charge >= 0.3 is 16.3 Å². The first kappa shape index (κ1) is 22.4. The Kier molecular flexibility index (Phi) is 5.88. The first-order valence-corrected chi connectivity index (χ1v) is 11.0. The lowest BCUT2D eigenvalue weighted by Gasteiger charge is -2.25. The summed E-state index contributed by atoms with van der Waals surface area (Å²) in [6.07, 6.45) is -1.06. The van der Waals surface area contributed by atoms with Crippen LogP contribution in [0.1, 0.15) is 26.3 Å². The van der Waals surface area contributed by atoms with Gasteiger partial charge in [-0.05, 0) is 38.5 Å². The predicted octanol–water partition coefficient (Wildman–Crippen LogP) is 2.54. The Morgan fingerprint density at radius 2 is 1.77 bits per heavy atom. The van der Waals surface area contributed by atoms with Crippen LogP contribution in [0.2, 0.25) is 0 Å². The summed E-state index contributed by atoms with van der Waals surface area (Å²) in [7, 11) is -2.80. The van der Waals surface area contributed by atoms with E-state index in [0.717, 1.165) is 0 Å². The highest BCUT2D eigenvalue weighted by Gasteiger charge is 2.29. The lowest BCUT2D eigenvalue weighted by molar-refractivity contribution is 0.0381. The van der Waals surface area contributed by atoms with Crippen molar-refractivity contribution in [3.05, 3.63) is 64.4 Å². The van der Waals surface area contributed by atoms with E-state index in [4.69, 9.17) is 9.88 Å². The largest absolute Gasteiger partial charge is 0.443 e. The Morgan fingerprint density at radius 1 is 1.13 bits per heavy atom. The second-order valence-electron chi connectivity index (χ2n) is 8.06. The van der Waals surface area contributed by atoms with Gasteiger partial charge in [0.25, 0.3) is 5.56 Å². The molecule has 0 atom stereocenters. The molecule has 9 nitrogen and oxygen atoms in total. The number of carbonyl (C=O) groups excluding carboxylic acids is 1. The number of fused-ring (bicyclic) bond motifs is 1. The van der Waals surface area contributed by atoms with E-state index in [1.165, 1.54) is 4.68 Å². The van der Waals surface area contributed by atoms with Crippen molar-refractivity contribution < 1.29 is 17.9 Å². The molecule has 1 amide bonds. The summed E-state index contributed by atoms with van der Waals surface area (Å²) in [6, 6.07) is 14.0. The molecule has 0 fully saturated rings. The van der Waals surface area contributed by atoms with Crippen molar-refractivity contribution in [1.82, 2.24) is 14.1 Å². The summed E-state index contributed by atoms with van der Waals surface area (Å²) in [5.74, 6) is 0. The fourth-order valence-corrected chi connectivity index (χ4v) is 3.64. The summed E-state index contributed by atoms with van der Waals surface area (Å²) in [4.78, 5) is 24.8. The van der Waals surface area contributed by atoms with E-state index in [1.807, 2.05) is 6.07 Å². The van der Waals surface area contributed by atoms with Gasteiger partial charge < -0.3 is 4.74 Å². The van der Waals surface area contributed by atoms with E-state index in [9.17, 15) is 18.0 Å². The van der Waals surface area contributed by atoms with Gasteiger partial charge in [0.1, 0.15) is 5.60 Å².